The molecule has 0 spiro atoms. The van der Waals surface area contributed by atoms with Gasteiger partial charge in [0.05, 0.1) is 17.8 Å². The summed E-state index contributed by atoms with van der Waals surface area (Å²) in [6.07, 6.45) is 1.44. The van der Waals surface area contributed by atoms with Crippen LogP contribution in [0.15, 0.2) is 18.2 Å². The van der Waals surface area contributed by atoms with Crippen LogP contribution in [0.1, 0.15) is 26.7 Å². The second-order valence-corrected chi connectivity index (χ2v) is 5.11. The first-order chi connectivity index (χ1) is 8.90. The zero-order valence-corrected chi connectivity index (χ0v) is 11.7. The summed E-state index contributed by atoms with van der Waals surface area (Å²) in [5.41, 5.74) is -0.680. The molecule has 1 aromatic carbocycles. The molecule has 19 heavy (non-hydrogen) atoms. The Labute approximate surface area is 117 Å². The monoisotopic (exact) mass is 288 g/mol. The Morgan fingerprint density at radius 3 is 2.74 bits per heavy atom. The van der Waals surface area contributed by atoms with Gasteiger partial charge in [-0.25, -0.2) is 9.18 Å². The molecular weight excluding hydrogens is 271 g/mol. The van der Waals surface area contributed by atoms with Gasteiger partial charge in [-0.15, -0.1) is 0 Å². The molecule has 1 rings (SSSR count). The van der Waals surface area contributed by atoms with Crippen molar-refractivity contribution in [2.24, 2.45) is 0 Å². The fraction of sp³-hybridized carbons (Fsp3) is 0.462. The smallest absolute Gasteiger partial charge is 0.319 e. The summed E-state index contributed by atoms with van der Waals surface area (Å²) < 4.78 is 13.5. The third-order valence-corrected chi connectivity index (χ3v) is 2.98. The minimum Gasteiger partial charge on any atom is -0.394 e. The summed E-state index contributed by atoms with van der Waals surface area (Å²) in [4.78, 5) is 11.8. The Hall–Kier alpha value is -1.33. The molecule has 2 amide bonds. The van der Waals surface area contributed by atoms with Crippen LogP contribution in [-0.2, 0) is 0 Å². The molecule has 1 aromatic rings. The van der Waals surface area contributed by atoms with E-state index in [4.69, 9.17) is 11.6 Å². The number of halogens is 2. The summed E-state index contributed by atoms with van der Waals surface area (Å²) in [7, 11) is 0. The summed E-state index contributed by atoms with van der Waals surface area (Å²) in [6.45, 7) is 3.50. The van der Waals surface area contributed by atoms with E-state index in [9.17, 15) is 14.3 Å². The maximum Gasteiger partial charge on any atom is 0.319 e. The molecule has 106 valence electrons. The number of aliphatic hydroxyl groups is 1. The van der Waals surface area contributed by atoms with Crippen LogP contribution in [-0.4, -0.2) is 23.3 Å². The molecule has 0 aromatic heterocycles. The molecule has 0 fully saturated rings. The van der Waals surface area contributed by atoms with Crippen LogP contribution in [0.2, 0.25) is 5.02 Å². The summed E-state index contributed by atoms with van der Waals surface area (Å²) in [5, 5.41) is 14.6. The highest BCUT2D eigenvalue weighted by atomic mass is 35.5. The van der Waals surface area contributed by atoms with E-state index in [1.165, 1.54) is 12.1 Å². The maximum absolute atomic E-state index is 13.5. The van der Waals surface area contributed by atoms with Gasteiger partial charge in [0.15, 0.2) is 0 Å². The Morgan fingerprint density at radius 1 is 1.53 bits per heavy atom. The Balaban J connectivity index is 2.69. The topological polar surface area (TPSA) is 61.4 Å². The van der Waals surface area contributed by atoms with E-state index < -0.39 is 17.4 Å². The molecule has 1 unspecified atom stereocenters. The Morgan fingerprint density at radius 2 is 2.21 bits per heavy atom. The van der Waals surface area contributed by atoms with Gasteiger partial charge in [0, 0.05) is 5.02 Å². The van der Waals surface area contributed by atoms with E-state index in [2.05, 4.69) is 10.6 Å². The molecule has 0 aliphatic rings. The summed E-state index contributed by atoms with van der Waals surface area (Å²) in [5.74, 6) is -0.608. The lowest BCUT2D eigenvalue weighted by atomic mass is 9.98. The van der Waals surface area contributed by atoms with Gasteiger partial charge in [0.1, 0.15) is 5.82 Å². The van der Waals surface area contributed by atoms with Gasteiger partial charge in [-0.3, -0.25) is 0 Å². The number of aliphatic hydroxyl groups excluding tert-OH is 1. The van der Waals surface area contributed by atoms with Crippen molar-refractivity contribution in [2.75, 3.05) is 11.9 Å². The fourth-order valence-corrected chi connectivity index (χ4v) is 1.91. The van der Waals surface area contributed by atoms with Crippen molar-refractivity contribution in [1.29, 1.82) is 0 Å². The largest absolute Gasteiger partial charge is 0.394 e. The number of amides is 2. The number of rotatable bonds is 5. The first kappa shape index (κ1) is 15.7. The van der Waals surface area contributed by atoms with Crippen molar-refractivity contribution in [2.45, 2.75) is 32.2 Å². The second-order valence-electron chi connectivity index (χ2n) is 4.67. The van der Waals surface area contributed by atoms with Crippen LogP contribution in [0, 0.1) is 5.82 Å². The van der Waals surface area contributed by atoms with E-state index in [0.717, 1.165) is 12.5 Å². The third-order valence-electron chi connectivity index (χ3n) is 2.75. The number of benzene rings is 1. The second kappa shape index (κ2) is 6.73. The third kappa shape index (κ3) is 4.69. The average Bonchev–Trinajstić information content (AvgIpc) is 2.33. The van der Waals surface area contributed by atoms with Gasteiger partial charge in [-0.05, 0) is 31.5 Å². The fourth-order valence-electron chi connectivity index (χ4n) is 1.75. The van der Waals surface area contributed by atoms with Crippen molar-refractivity contribution in [3.05, 3.63) is 29.0 Å². The standard InChI is InChI=1S/C13H18ClFN2O2/c1-3-6-13(2,8-18)17-12(19)16-11-5-4-9(14)7-10(11)15/h4-5,7,18H,3,6,8H2,1-2H3,(H2,16,17,19). The number of carbonyl (C=O) groups is 1. The number of nitrogens with one attached hydrogen (secondary N) is 2. The molecular formula is C13H18ClFN2O2. The highest BCUT2D eigenvalue weighted by molar-refractivity contribution is 6.30. The molecule has 4 nitrogen and oxygen atoms in total. The van der Waals surface area contributed by atoms with Crippen LogP contribution in [0.3, 0.4) is 0 Å². The molecule has 1 atom stereocenters. The number of anilines is 1. The van der Waals surface area contributed by atoms with Crippen molar-refractivity contribution >= 4 is 23.3 Å². The quantitative estimate of drug-likeness (QED) is 0.779. The SMILES string of the molecule is CCCC(C)(CO)NC(=O)Nc1ccc(Cl)cc1F. The van der Waals surface area contributed by atoms with Crippen molar-refractivity contribution in [3.63, 3.8) is 0 Å². The van der Waals surface area contributed by atoms with Crippen LogP contribution in [0.4, 0.5) is 14.9 Å². The minimum atomic E-state index is -0.721. The normalized spacial score (nSPS) is 13.7. The van der Waals surface area contributed by atoms with Gasteiger partial charge >= 0.3 is 6.03 Å². The molecule has 0 aliphatic heterocycles. The molecule has 0 saturated carbocycles. The van der Waals surface area contributed by atoms with Gasteiger partial charge in [-0.2, -0.15) is 0 Å². The Bertz CT molecular complexity index is 456. The van der Waals surface area contributed by atoms with E-state index in [1.54, 1.807) is 6.92 Å². The van der Waals surface area contributed by atoms with Crippen LogP contribution in [0.5, 0.6) is 0 Å². The summed E-state index contributed by atoms with van der Waals surface area (Å²) in [6, 6.07) is 3.42. The molecule has 0 aliphatic carbocycles. The predicted octanol–water partition coefficient (Wildman–Crippen LogP) is 3.15. The lowest BCUT2D eigenvalue weighted by Gasteiger charge is -2.28. The lowest BCUT2D eigenvalue weighted by molar-refractivity contribution is 0.167. The zero-order valence-electron chi connectivity index (χ0n) is 11.0. The molecule has 0 heterocycles. The zero-order chi connectivity index (χ0) is 14.5. The highest BCUT2D eigenvalue weighted by Crippen LogP contribution is 2.19. The molecule has 0 saturated heterocycles. The Kier molecular flexibility index (Phi) is 5.57. The summed E-state index contributed by atoms with van der Waals surface area (Å²) >= 11 is 5.62. The van der Waals surface area contributed by atoms with Crippen molar-refractivity contribution in [1.82, 2.24) is 5.32 Å². The minimum absolute atomic E-state index is 0.0405. The molecule has 6 heteroatoms. The van der Waals surface area contributed by atoms with E-state index in [0.29, 0.717) is 6.42 Å². The maximum atomic E-state index is 13.5. The first-order valence-electron chi connectivity index (χ1n) is 6.05. The van der Waals surface area contributed by atoms with Crippen molar-refractivity contribution < 1.29 is 14.3 Å². The number of urea groups is 1. The number of hydrogen-bond acceptors (Lipinski definition) is 2. The predicted molar refractivity (Wildman–Crippen MR) is 74.0 cm³/mol. The van der Waals surface area contributed by atoms with Gasteiger partial charge in [0.25, 0.3) is 0 Å². The molecule has 0 bridgehead atoms. The van der Waals surface area contributed by atoms with E-state index in [-0.39, 0.29) is 17.3 Å². The van der Waals surface area contributed by atoms with E-state index in [1.807, 2.05) is 6.92 Å². The van der Waals surface area contributed by atoms with Crippen molar-refractivity contribution in [3.8, 4) is 0 Å². The van der Waals surface area contributed by atoms with Crippen LogP contribution >= 0.6 is 11.6 Å². The van der Waals surface area contributed by atoms with Gasteiger partial charge < -0.3 is 15.7 Å². The number of carbonyl (C=O) groups excluding carboxylic acids is 1. The number of hydrogen-bond donors (Lipinski definition) is 3. The average molecular weight is 289 g/mol. The van der Waals surface area contributed by atoms with Crippen LogP contribution in [0.25, 0.3) is 0 Å². The highest BCUT2D eigenvalue weighted by Gasteiger charge is 2.24. The molecule has 0 radical (unpaired) electrons. The van der Waals surface area contributed by atoms with Gasteiger partial charge in [0.2, 0.25) is 0 Å². The van der Waals surface area contributed by atoms with E-state index >= 15 is 0 Å². The lowest BCUT2D eigenvalue weighted by Crippen LogP contribution is -2.50. The van der Waals surface area contributed by atoms with Crippen LogP contribution < -0.4 is 10.6 Å². The molecule has 3 N–H and O–H groups in total. The van der Waals surface area contributed by atoms with Gasteiger partial charge in [-0.1, -0.05) is 24.9 Å². The first-order valence-corrected chi connectivity index (χ1v) is 6.43.